The van der Waals surface area contributed by atoms with Gasteiger partial charge in [0, 0.05) is 18.8 Å². The number of anilines is 1. The fraction of sp³-hybridized carbons (Fsp3) is 0.500. The minimum Gasteiger partial charge on any atom is -0.388 e. The van der Waals surface area contributed by atoms with Gasteiger partial charge in [-0.2, -0.15) is 17.5 Å². The Morgan fingerprint density at radius 2 is 1.80 bits per heavy atom. The number of rotatable bonds is 5. The van der Waals surface area contributed by atoms with Gasteiger partial charge in [-0.05, 0) is 37.1 Å². The van der Waals surface area contributed by atoms with Crippen LogP contribution in [0.25, 0.3) is 0 Å². The van der Waals surface area contributed by atoms with Gasteiger partial charge in [0.15, 0.2) is 0 Å². The van der Waals surface area contributed by atoms with E-state index < -0.39 is 28.8 Å². The average molecular weight is 308 g/mol. The molecule has 1 fully saturated rings. The van der Waals surface area contributed by atoms with E-state index in [1.54, 1.807) is 7.05 Å². The molecule has 1 aromatic carbocycles. The van der Waals surface area contributed by atoms with Gasteiger partial charge in [0.1, 0.15) is 6.54 Å². The molecular formula is C12H15F3N2O2S. The largest absolute Gasteiger partial charge is 0.402 e. The van der Waals surface area contributed by atoms with Crippen LogP contribution in [0.1, 0.15) is 12.8 Å². The third kappa shape index (κ3) is 3.43. The van der Waals surface area contributed by atoms with E-state index in [2.05, 4.69) is 5.32 Å². The third-order valence-corrected chi connectivity index (χ3v) is 4.95. The van der Waals surface area contributed by atoms with Crippen LogP contribution in [-0.4, -0.2) is 38.5 Å². The van der Waals surface area contributed by atoms with Crippen LogP contribution in [0.15, 0.2) is 29.2 Å². The molecular weight excluding hydrogens is 293 g/mol. The van der Waals surface area contributed by atoms with Crippen LogP contribution in [0.4, 0.5) is 18.9 Å². The van der Waals surface area contributed by atoms with Crippen molar-refractivity contribution in [1.29, 1.82) is 0 Å². The molecule has 0 amide bonds. The summed E-state index contributed by atoms with van der Waals surface area (Å²) in [6.07, 6.45) is -3.59. The molecule has 112 valence electrons. The van der Waals surface area contributed by atoms with Crippen LogP contribution in [0.5, 0.6) is 0 Å². The van der Waals surface area contributed by atoms with Gasteiger partial charge >= 0.3 is 6.18 Å². The van der Waals surface area contributed by atoms with Gasteiger partial charge in [-0.25, -0.2) is 8.42 Å². The van der Waals surface area contributed by atoms with Crippen LogP contribution in [-0.2, 0) is 10.0 Å². The highest BCUT2D eigenvalue weighted by atomic mass is 32.2. The summed E-state index contributed by atoms with van der Waals surface area (Å²) < 4.78 is 62.8. The molecule has 0 unspecified atom stereocenters. The van der Waals surface area contributed by atoms with Crippen molar-refractivity contribution in [3.8, 4) is 0 Å². The lowest BCUT2D eigenvalue weighted by Crippen LogP contribution is -2.40. The summed E-state index contributed by atoms with van der Waals surface area (Å²) in [4.78, 5) is -0.118. The maximum absolute atomic E-state index is 12.5. The summed E-state index contributed by atoms with van der Waals surface area (Å²) in [5, 5.41) is 2.82. The Morgan fingerprint density at radius 3 is 2.20 bits per heavy atom. The highest BCUT2D eigenvalue weighted by molar-refractivity contribution is 7.89. The number of nitrogens with one attached hydrogen (secondary N) is 1. The Morgan fingerprint density at radius 1 is 1.25 bits per heavy atom. The molecule has 0 atom stereocenters. The van der Waals surface area contributed by atoms with Crippen molar-refractivity contribution in [1.82, 2.24) is 4.31 Å². The number of benzene rings is 1. The van der Waals surface area contributed by atoms with E-state index in [9.17, 15) is 21.6 Å². The van der Waals surface area contributed by atoms with E-state index in [0.717, 1.165) is 0 Å². The second kappa shape index (κ2) is 5.25. The molecule has 4 nitrogen and oxygen atoms in total. The maximum Gasteiger partial charge on any atom is 0.402 e. The molecule has 0 bridgehead atoms. The Balaban J connectivity index is 2.29. The Bertz CT molecular complexity index is 565. The van der Waals surface area contributed by atoms with Crippen molar-refractivity contribution in [2.24, 2.45) is 0 Å². The van der Waals surface area contributed by atoms with Crippen molar-refractivity contribution < 1.29 is 21.6 Å². The molecule has 20 heavy (non-hydrogen) atoms. The highest BCUT2D eigenvalue weighted by Crippen LogP contribution is 2.34. The predicted molar refractivity (Wildman–Crippen MR) is 69.0 cm³/mol. The third-order valence-electron chi connectivity index (χ3n) is 3.04. The van der Waals surface area contributed by atoms with Gasteiger partial charge in [0.25, 0.3) is 0 Å². The first-order chi connectivity index (χ1) is 9.24. The monoisotopic (exact) mass is 308 g/mol. The zero-order valence-electron chi connectivity index (χ0n) is 10.8. The average Bonchev–Trinajstić information content (AvgIpc) is 3.19. The summed E-state index contributed by atoms with van der Waals surface area (Å²) in [6.45, 7) is -1.44. The van der Waals surface area contributed by atoms with E-state index in [0.29, 0.717) is 22.8 Å². The van der Waals surface area contributed by atoms with Gasteiger partial charge in [0.2, 0.25) is 10.0 Å². The maximum atomic E-state index is 12.5. The van der Waals surface area contributed by atoms with E-state index in [1.165, 1.54) is 24.3 Å². The van der Waals surface area contributed by atoms with E-state index in [4.69, 9.17) is 0 Å². The molecule has 0 aromatic heterocycles. The molecule has 1 aromatic rings. The summed E-state index contributed by atoms with van der Waals surface area (Å²) in [5.41, 5.74) is 0.692. The standard InChI is InChI=1S/C12H15F3N2O2S/c1-16-9-2-6-11(7-3-9)20(18,19)17(10-4-5-10)8-12(13,14)15/h2-3,6-7,10,16H,4-5,8H2,1H3. The number of alkyl halides is 3. The normalized spacial score (nSPS) is 16.4. The van der Waals surface area contributed by atoms with Crippen LogP contribution >= 0.6 is 0 Å². The highest BCUT2D eigenvalue weighted by Gasteiger charge is 2.44. The van der Waals surface area contributed by atoms with Gasteiger partial charge in [-0.3, -0.25) is 0 Å². The van der Waals surface area contributed by atoms with Gasteiger partial charge in [-0.1, -0.05) is 0 Å². The molecule has 1 N–H and O–H groups in total. The van der Waals surface area contributed by atoms with Crippen molar-refractivity contribution in [2.75, 3.05) is 18.9 Å². The molecule has 8 heteroatoms. The molecule has 0 aliphatic heterocycles. The van der Waals surface area contributed by atoms with Crippen LogP contribution in [0.2, 0.25) is 0 Å². The molecule has 1 aliphatic rings. The minimum absolute atomic E-state index is 0.118. The predicted octanol–water partition coefficient (Wildman–Crippen LogP) is 2.44. The van der Waals surface area contributed by atoms with Crippen LogP contribution < -0.4 is 5.32 Å². The van der Waals surface area contributed by atoms with Crippen LogP contribution in [0, 0.1) is 0 Å². The second-order valence-electron chi connectivity index (χ2n) is 4.67. The van der Waals surface area contributed by atoms with E-state index in [-0.39, 0.29) is 4.90 Å². The first kappa shape index (κ1) is 15.1. The lowest BCUT2D eigenvalue weighted by Gasteiger charge is -2.23. The molecule has 1 aliphatic carbocycles. The Kier molecular flexibility index (Phi) is 3.97. The molecule has 2 rings (SSSR count). The molecule has 0 saturated heterocycles. The van der Waals surface area contributed by atoms with Gasteiger partial charge in [-0.15, -0.1) is 0 Å². The van der Waals surface area contributed by atoms with Crippen molar-refractivity contribution in [2.45, 2.75) is 30.0 Å². The van der Waals surface area contributed by atoms with Gasteiger partial charge in [0.05, 0.1) is 4.90 Å². The second-order valence-corrected chi connectivity index (χ2v) is 6.56. The Labute approximate surface area is 115 Å². The minimum atomic E-state index is -4.54. The lowest BCUT2D eigenvalue weighted by atomic mass is 10.3. The van der Waals surface area contributed by atoms with Crippen LogP contribution in [0.3, 0.4) is 0 Å². The zero-order chi connectivity index (χ0) is 15.0. The lowest BCUT2D eigenvalue weighted by molar-refractivity contribution is -0.137. The number of nitrogens with zero attached hydrogens (tertiary/aromatic N) is 1. The fourth-order valence-electron chi connectivity index (χ4n) is 1.88. The Hall–Kier alpha value is -1.28. The topological polar surface area (TPSA) is 49.4 Å². The van der Waals surface area contributed by atoms with Crippen molar-refractivity contribution >= 4 is 15.7 Å². The SMILES string of the molecule is CNc1ccc(S(=O)(=O)N(CC(F)(F)F)C2CC2)cc1. The van der Waals surface area contributed by atoms with Crippen molar-refractivity contribution in [3.05, 3.63) is 24.3 Å². The zero-order valence-corrected chi connectivity index (χ0v) is 11.6. The summed E-state index contributed by atoms with van der Waals surface area (Å²) in [7, 11) is -2.44. The number of hydrogen-bond donors (Lipinski definition) is 1. The number of hydrogen-bond acceptors (Lipinski definition) is 3. The van der Waals surface area contributed by atoms with E-state index in [1.807, 2.05) is 0 Å². The summed E-state index contributed by atoms with van der Waals surface area (Å²) in [6, 6.07) is 5.13. The molecule has 1 saturated carbocycles. The van der Waals surface area contributed by atoms with E-state index >= 15 is 0 Å². The number of sulfonamides is 1. The summed E-state index contributed by atoms with van der Waals surface area (Å²) in [5.74, 6) is 0. The van der Waals surface area contributed by atoms with Crippen molar-refractivity contribution in [3.63, 3.8) is 0 Å². The van der Waals surface area contributed by atoms with Gasteiger partial charge < -0.3 is 5.32 Å². The smallest absolute Gasteiger partial charge is 0.388 e. The molecule has 0 heterocycles. The number of halogens is 3. The fourth-order valence-corrected chi connectivity index (χ4v) is 3.55. The first-order valence-corrected chi connectivity index (χ1v) is 7.54. The summed E-state index contributed by atoms with van der Waals surface area (Å²) >= 11 is 0. The first-order valence-electron chi connectivity index (χ1n) is 6.10. The quantitative estimate of drug-likeness (QED) is 0.909. The molecule has 0 radical (unpaired) electrons. The molecule has 0 spiro atoms.